The van der Waals surface area contributed by atoms with Gasteiger partial charge in [-0.1, -0.05) is 60.2 Å². The molecule has 0 spiro atoms. The van der Waals surface area contributed by atoms with E-state index in [-0.39, 0.29) is 0 Å². The van der Waals surface area contributed by atoms with Gasteiger partial charge in [0.25, 0.3) is 0 Å². The predicted molar refractivity (Wildman–Crippen MR) is 124 cm³/mol. The van der Waals surface area contributed by atoms with E-state index in [0.29, 0.717) is 23.9 Å². The number of rotatable bonds is 7. The second kappa shape index (κ2) is 10.1. The van der Waals surface area contributed by atoms with Gasteiger partial charge in [0.05, 0.1) is 11.4 Å². The third kappa shape index (κ3) is 6.74. The Morgan fingerprint density at radius 1 is 0.867 bits per heavy atom. The fraction of sp³-hybridized carbons (Fsp3) is 0.208. The van der Waals surface area contributed by atoms with Gasteiger partial charge in [-0.3, -0.25) is 0 Å². The number of hydrogen-bond acceptors (Lipinski definition) is 3. The molecule has 3 aromatic rings. The van der Waals surface area contributed by atoms with Gasteiger partial charge in [0.2, 0.25) is 0 Å². The Balaban J connectivity index is 1.64. The molecule has 0 unspecified atom stereocenters. The summed E-state index contributed by atoms with van der Waals surface area (Å²) in [5.74, 6) is 0.703. The van der Waals surface area contributed by atoms with Crippen LogP contribution in [-0.2, 0) is 22.8 Å². The van der Waals surface area contributed by atoms with Crippen molar-refractivity contribution in [1.29, 1.82) is 0 Å². The Bertz CT molecular complexity index is 1080. The van der Waals surface area contributed by atoms with Crippen LogP contribution in [0.1, 0.15) is 16.7 Å². The normalized spacial score (nSPS) is 11.9. The summed E-state index contributed by atoms with van der Waals surface area (Å²) >= 11 is 0. The van der Waals surface area contributed by atoms with E-state index in [0.717, 1.165) is 23.2 Å². The lowest BCUT2D eigenvalue weighted by Crippen LogP contribution is -2.32. The Hall–Kier alpha value is -3.12. The van der Waals surface area contributed by atoms with E-state index in [4.69, 9.17) is 4.99 Å². The molecule has 3 rings (SSSR count). The smallest absolute Gasteiger partial charge is 0.196 e. The molecule has 0 amide bonds. The van der Waals surface area contributed by atoms with Gasteiger partial charge in [-0.2, -0.15) is 0 Å². The highest BCUT2D eigenvalue weighted by molar-refractivity contribution is 7.90. The number of guanidine groups is 1. The van der Waals surface area contributed by atoms with Crippen molar-refractivity contribution in [2.45, 2.75) is 24.8 Å². The Morgan fingerprint density at radius 3 is 2.13 bits per heavy atom. The van der Waals surface area contributed by atoms with Crippen LogP contribution in [0.3, 0.4) is 0 Å². The van der Waals surface area contributed by atoms with Gasteiger partial charge >= 0.3 is 0 Å². The molecule has 2 N–H and O–H groups in total. The topological polar surface area (TPSA) is 70.6 Å². The molecule has 6 heteroatoms. The number of sulfone groups is 1. The van der Waals surface area contributed by atoms with Crippen molar-refractivity contribution >= 4 is 21.5 Å². The average Bonchev–Trinajstić information content (AvgIpc) is 2.73. The van der Waals surface area contributed by atoms with E-state index >= 15 is 0 Å². The molecular formula is C24H27N3O2S. The highest BCUT2D eigenvalue weighted by atomic mass is 32.2. The van der Waals surface area contributed by atoms with Crippen LogP contribution in [0, 0.1) is 6.92 Å². The van der Waals surface area contributed by atoms with Gasteiger partial charge < -0.3 is 10.6 Å². The van der Waals surface area contributed by atoms with Crippen molar-refractivity contribution < 1.29 is 8.42 Å². The summed E-state index contributed by atoms with van der Waals surface area (Å²) < 4.78 is 23.2. The largest absolute Gasteiger partial charge is 0.356 e. The first kappa shape index (κ1) is 21.6. The molecule has 0 saturated heterocycles. The summed E-state index contributed by atoms with van der Waals surface area (Å²) in [7, 11) is -3.17. The van der Waals surface area contributed by atoms with Crippen molar-refractivity contribution in [3.63, 3.8) is 0 Å². The van der Waals surface area contributed by atoms with Crippen molar-refractivity contribution in [3.8, 4) is 0 Å². The molecule has 0 fully saturated rings. The summed E-state index contributed by atoms with van der Waals surface area (Å²) in [6.45, 7) is 3.32. The van der Waals surface area contributed by atoms with Crippen LogP contribution in [0.15, 0.2) is 88.8 Å². The molecule has 0 saturated carbocycles. The van der Waals surface area contributed by atoms with Gasteiger partial charge in [-0.05, 0) is 48.7 Å². The monoisotopic (exact) mass is 421 g/mol. The molecule has 0 aliphatic carbocycles. The molecular weight excluding hydrogens is 394 g/mol. The highest BCUT2D eigenvalue weighted by Crippen LogP contribution is 2.11. The van der Waals surface area contributed by atoms with Gasteiger partial charge in [-0.15, -0.1) is 0 Å². The number of hydrogen-bond donors (Lipinski definition) is 2. The molecule has 5 nitrogen and oxygen atoms in total. The lowest BCUT2D eigenvalue weighted by Gasteiger charge is -2.13. The van der Waals surface area contributed by atoms with Crippen molar-refractivity contribution in [3.05, 3.63) is 95.6 Å². The molecule has 0 radical (unpaired) electrons. The number of para-hydroxylation sites is 1. The SMILES string of the molecule is Cc1ccc(CN=C(NCCc2ccc(S(C)(=O)=O)cc2)Nc2ccccc2)cc1. The molecule has 0 bridgehead atoms. The van der Waals surface area contributed by atoms with Crippen LogP contribution in [0.25, 0.3) is 0 Å². The van der Waals surface area contributed by atoms with Crippen LogP contribution in [0.2, 0.25) is 0 Å². The van der Waals surface area contributed by atoms with E-state index in [2.05, 4.69) is 41.8 Å². The minimum Gasteiger partial charge on any atom is -0.356 e. The van der Waals surface area contributed by atoms with Gasteiger partial charge in [-0.25, -0.2) is 13.4 Å². The molecule has 0 aliphatic rings. The Labute approximate surface area is 178 Å². The highest BCUT2D eigenvalue weighted by Gasteiger charge is 2.06. The molecule has 0 aliphatic heterocycles. The maximum Gasteiger partial charge on any atom is 0.196 e. The predicted octanol–water partition coefficient (Wildman–Crippen LogP) is 4.20. The molecule has 156 valence electrons. The lowest BCUT2D eigenvalue weighted by molar-refractivity contribution is 0.602. The van der Waals surface area contributed by atoms with Crippen LogP contribution in [0.4, 0.5) is 5.69 Å². The van der Waals surface area contributed by atoms with E-state index in [9.17, 15) is 8.42 Å². The lowest BCUT2D eigenvalue weighted by atomic mass is 10.1. The van der Waals surface area contributed by atoms with E-state index in [1.165, 1.54) is 11.8 Å². The van der Waals surface area contributed by atoms with Gasteiger partial charge in [0.15, 0.2) is 15.8 Å². The first-order valence-electron chi connectivity index (χ1n) is 9.85. The van der Waals surface area contributed by atoms with E-state index in [1.54, 1.807) is 12.1 Å². The first-order valence-corrected chi connectivity index (χ1v) is 11.7. The maximum atomic E-state index is 11.6. The zero-order valence-corrected chi connectivity index (χ0v) is 18.1. The standard InChI is InChI=1S/C24H27N3O2S/c1-19-8-10-21(11-9-19)18-26-24(27-22-6-4-3-5-7-22)25-17-16-20-12-14-23(15-13-20)30(2,28)29/h3-15H,16-18H2,1-2H3,(H2,25,26,27). The molecule has 3 aromatic carbocycles. The summed E-state index contributed by atoms with van der Waals surface area (Å²) in [5.41, 5.74) is 4.40. The minimum absolute atomic E-state index is 0.338. The van der Waals surface area contributed by atoms with Crippen molar-refractivity contribution in [2.75, 3.05) is 18.1 Å². The third-order valence-corrected chi connectivity index (χ3v) is 5.76. The Kier molecular flexibility index (Phi) is 7.25. The number of aryl methyl sites for hydroxylation is 1. The van der Waals surface area contributed by atoms with Gasteiger partial charge in [0.1, 0.15) is 0 Å². The maximum absolute atomic E-state index is 11.6. The van der Waals surface area contributed by atoms with Crippen LogP contribution < -0.4 is 10.6 Å². The Morgan fingerprint density at radius 2 is 1.50 bits per heavy atom. The molecule has 0 atom stereocenters. The average molecular weight is 422 g/mol. The molecule has 0 heterocycles. The minimum atomic E-state index is -3.17. The fourth-order valence-electron chi connectivity index (χ4n) is 2.89. The zero-order valence-electron chi connectivity index (χ0n) is 17.3. The third-order valence-electron chi connectivity index (χ3n) is 4.63. The number of aliphatic imine (C=N–C) groups is 1. The first-order chi connectivity index (χ1) is 14.4. The number of nitrogens with zero attached hydrogens (tertiary/aromatic N) is 1. The number of nitrogens with one attached hydrogen (secondary N) is 2. The van der Waals surface area contributed by atoms with Crippen molar-refractivity contribution in [2.24, 2.45) is 4.99 Å². The summed E-state index contributed by atoms with van der Waals surface area (Å²) in [6.07, 6.45) is 1.97. The zero-order chi connectivity index (χ0) is 21.4. The fourth-order valence-corrected chi connectivity index (χ4v) is 3.52. The van der Waals surface area contributed by atoms with Crippen LogP contribution in [0.5, 0.6) is 0 Å². The molecule has 0 aromatic heterocycles. The molecule has 30 heavy (non-hydrogen) atoms. The second-order valence-electron chi connectivity index (χ2n) is 7.23. The number of benzene rings is 3. The number of anilines is 1. The summed E-state index contributed by atoms with van der Waals surface area (Å²) in [4.78, 5) is 5.05. The van der Waals surface area contributed by atoms with Gasteiger partial charge in [0, 0.05) is 18.5 Å². The van der Waals surface area contributed by atoms with Crippen LogP contribution in [-0.4, -0.2) is 27.2 Å². The van der Waals surface area contributed by atoms with E-state index in [1.807, 2.05) is 42.5 Å². The van der Waals surface area contributed by atoms with E-state index < -0.39 is 9.84 Å². The quantitative estimate of drug-likeness (QED) is 0.443. The summed E-state index contributed by atoms with van der Waals surface area (Å²) in [5, 5.41) is 6.70. The summed E-state index contributed by atoms with van der Waals surface area (Å²) in [6, 6.07) is 25.3. The second-order valence-corrected chi connectivity index (χ2v) is 9.25. The van der Waals surface area contributed by atoms with Crippen molar-refractivity contribution in [1.82, 2.24) is 5.32 Å². The van der Waals surface area contributed by atoms with Crippen LogP contribution >= 0.6 is 0 Å².